The van der Waals surface area contributed by atoms with Gasteiger partial charge in [-0.3, -0.25) is 0 Å². The minimum atomic E-state index is -0.527. The van der Waals surface area contributed by atoms with Crippen molar-refractivity contribution in [2.45, 2.75) is 26.2 Å². The Hall–Kier alpha value is -2.30. The topological polar surface area (TPSA) is 44.1 Å². The average Bonchev–Trinajstić information content (AvgIpc) is 3.02. The lowest BCUT2D eigenvalue weighted by Crippen LogP contribution is -2.13. The van der Waals surface area contributed by atoms with Crippen LogP contribution < -0.4 is 4.74 Å². The molecule has 0 saturated carbocycles. The van der Waals surface area contributed by atoms with Gasteiger partial charge in [0.1, 0.15) is 0 Å². The number of carbonyl (C=O) groups excluding carboxylic acids is 1. The molecule has 0 spiro atoms. The van der Waals surface area contributed by atoms with E-state index in [0.717, 1.165) is 11.4 Å². The van der Waals surface area contributed by atoms with Crippen molar-refractivity contribution in [1.29, 1.82) is 0 Å². The lowest BCUT2D eigenvalue weighted by molar-refractivity contribution is 0.0723. The maximum atomic E-state index is 12.6. The van der Waals surface area contributed by atoms with Crippen LogP contribution in [0.3, 0.4) is 0 Å². The van der Waals surface area contributed by atoms with E-state index in [0.29, 0.717) is 21.5 Å². The Morgan fingerprint density at radius 2 is 1.69 bits per heavy atom. The molecule has 3 aromatic rings. The second-order valence-electron chi connectivity index (χ2n) is 6.88. The van der Waals surface area contributed by atoms with Crippen molar-refractivity contribution in [1.82, 2.24) is 9.78 Å². The predicted octanol–water partition coefficient (Wildman–Crippen LogP) is 5.70. The highest BCUT2D eigenvalue weighted by Crippen LogP contribution is 2.29. The monoisotopic (exact) mass is 388 g/mol. The molecule has 0 amide bonds. The van der Waals surface area contributed by atoms with E-state index in [-0.39, 0.29) is 5.41 Å². The van der Waals surface area contributed by atoms with Crippen LogP contribution in [0.1, 0.15) is 36.8 Å². The van der Waals surface area contributed by atoms with Crippen molar-refractivity contribution in [3.05, 3.63) is 75.9 Å². The number of carbonyl (C=O) groups is 1. The molecule has 4 nitrogen and oxygen atoms in total. The number of halogens is 2. The van der Waals surface area contributed by atoms with Crippen LogP contribution in [0.2, 0.25) is 10.0 Å². The van der Waals surface area contributed by atoms with Gasteiger partial charge in [0.25, 0.3) is 0 Å². The van der Waals surface area contributed by atoms with Gasteiger partial charge >= 0.3 is 5.97 Å². The number of para-hydroxylation sites is 1. The van der Waals surface area contributed by atoms with Crippen LogP contribution in [0, 0.1) is 0 Å². The molecule has 0 saturated heterocycles. The van der Waals surface area contributed by atoms with Gasteiger partial charge in [-0.1, -0.05) is 62.2 Å². The van der Waals surface area contributed by atoms with E-state index in [1.54, 1.807) is 22.9 Å². The molecule has 6 heteroatoms. The third-order valence-electron chi connectivity index (χ3n) is 3.80. The van der Waals surface area contributed by atoms with E-state index in [2.05, 4.69) is 25.9 Å². The summed E-state index contributed by atoms with van der Waals surface area (Å²) < 4.78 is 7.24. The van der Waals surface area contributed by atoms with Crippen molar-refractivity contribution in [2.24, 2.45) is 0 Å². The largest absolute Gasteiger partial charge is 0.404 e. The van der Waals surface area contributed by atoms with Gasteiger partial charge in [-0.2, -0.15) is 5.10 Å². The van der Waals surface area contributed by atoms with Crippen LogP contribution >= 0.6 is 23.2 Å². The van der Waals surface area contributed by atoms with Gasteiger partial charge in [-0.05, 0) is 30.3 Å². The van der Waals surface area contributed by atoms with Gasteiger partial charge in [-0.15, -0.1) is 0 Å². The summed E-state index contributed by atoms with van der Waals surface area (Å²) in [5.74, 6) is -0.182. The fraction of sp³-hybridized carbons (Fsp3) is 0.200. The van der Waals surface area contributed by atoms with Crippen molar-refractivity contribution in [3.63, 3.8) is 0 Å². The first-order valence-corrected chi connectivity index (χ1v) is 8.84. The second-order valence-corrected chi connectivity index (χ2v) is 7.70. The van der Waals surface area contributed by atoms with Gasteiger partial charge in [0.05, 0.1) is 27.0 Å². The Morgan fingerprint density at radius 1 is 1.00 bits per heavy atom. The smallest absolute Gasteiger partial charge is 0.344 e. The Labute approximate surface area is 162 Å². The Morgan fingerprint density at radius 3 is 2.31 bits per heavy atom. The number of hydrogen-bond acceptors (Lipinski definition) is 3. The van der Waals surface area contributed by atoms with Crippen LogP contribution in [0.5, 0.6) is 5.88 Å². The predicted molar refractivity (Wildman–Crippen MR) is 104 cm³/mol. The maximum absolute atomic E-state index is 12.6. The van der Waals surface area contributed by atoms with Crippen molar-refractivity contribution >= 4 is 29.2 Å². The van der Waals surface area contributed by atoms with Gasteiger partial charge in [-0.25, -0.2) is 9.48 Å². The summed E-state index contributed by atoms with van der Waals surface area (Å²) in [4.78, 5) is 12.6. The molecule has 0 aliphatic rings. The summed E-state index contributed by atoms with van der Waals surface area (Å²) in [6.07, 6.45) is 0. The van der Waals surface area contributed by atoms with Crippen LogP contribution in [-0.4, -0.2) is 15.7 Å². The maximum Gasteiger partial charge on any atom is 0.344 e. The molecule has 1 heterocycles. The number of ether oxygens (including phenoxy) is 1. The summed E-state index contributed by atoms with van der Waals surface area (Å²) in [6, 6.07) is 15.9. The number of rotatable bonds is 3. The molecule has 26 heavy (non-hydrogen) atoms. The van der Waals surface area contributed by atoms with Crippen molar-refractivity contribution in [3.8, 4) is 11.6 Å². The third-order valence-corrected chi connectivity index (χ3v) is 4.54. The normalized spacial score (nSPS) is 11.4. The van der Waals surface area contributed by atoms with Gasteiger partial charge in [0.2, 0.25) is 5.88 Å². The highest BCUT2D eigenvalue weighted by molar-refractivity contribution is 6.42. The first kappa shape index (κ1) is 18.5. The fourth-order valence-electron chi connectivity index (χ4n) is 2.33. The van der Waals surface area contributed by atoms with Crippen LogP contribution in [-0.2, 0) is 5.41 Å². The highest BCUT2D eigenvalue weighted by atomic mass is 35.5. The lowest BCUT2D eigenvalue weighted by Gasteiger charge is -2.13. The Kier molecular flexibility index (Phi) is 5.08. The molecule has 0 unspecified atom stereocenters. The molecular formula is C20H18Cl2N2O2. The zero-order valence-electron chi connectivity index (χ0n) is 14.7. The third kappa shape index (κ3) is 3.92. The summed E-state index contributed by atoms with van der Waals surface area (Å²) in [5, 5.41) is 5.30. The number of benzene rings is 2. The van der Waals surface area contributed by atoms with E-state index in [9.17, 15) is 4.79 Å². The van der Waals surface area contributed by atoms with Crippen LogP contribution in [0.4, 0.5) is 0 Å². The van der Waals surface area contributed by atoms with Gasteiger partial charge in [0.15, 0.2) is 0 Å². The molecule has 0 atom stereocenters. The second kappa shape index (κ2) is 7.14. The molecule has 0 bridgehead atoms. The van der Waals surface area contributed by atoms with Crippen LogP contribution in [0.25, 0.3) is 5.69 Å². The first-order chi connectivity index (χ1) is 12.3. The van der Waals surface area contributed by atoms with E-state index in [1.165, 1.54) is 6.07 Å². The zero-order chi connectivity index (χ0) is 18.9. The Balaban J connectivity index is 1.99. The molecule has 0 radical (unpaired) electrons. The molecule has 0 aliphatic carbocycles. The first-order valence-electron chi connectivity index (χ1n) is 8.09. The molecule has 134 valence electrons. The summed E-state index contributed by atoms with van der Waals surface area (Å²) in [7, 11) is 0. The quantitative estimate of drug-likeness (QED) is 0.540. The minimum Gasteiger partial charge on any atom is -0.404 e. The molecular weight excluding hydrogens is 371 g/mol. The summed E-state index contributed by atoms with van der Waals surface area (Å²) in [6.45, 7) is 6.15. The average molecular weight is 389 g/mol. The van der Waals surface area contributed by atoms with E-state index in [1.807, 2.05) is 30.3 Å². The highest BCUT2D eigenvalue weighted by Gasteiger charge is 2.23. The fourth-order valence-corrected chi connectivity index (χ4v) is 2.63. The van der Waals surface area contributed by atoms with Crippen molar-refractivity contribution < 1.29 is 9.53 Å². The standard InChI is InChI=1S/C20H18Cl2N2O2/c1-20(2,3)17-12-18(24(23-17)14-7-5-4-6-8-14)26-19(25)13-9-10-15(21)16(22)11-13/h4-12H,1-3H3. The Bertz CT molecular complexity index is 944. The number of aromatic nitrogens is 2. The number of nitrogens with zero attached hydrogens (tertiary/aromatic N) is 2. The van der Waals surface area contributed by atoms with E-state index < -0.39 is 5.97 Å². The summed E-state index contributed by atoms with van der Waals surface area (Å²) >= 11 is 11.9. The van der Waals surface area contributed by atoms with E-state index in [4.69, 9.17) is 27.9 Å². The molecule has 0 aliphatic heterocycles. The molecule has 3 rings (SSSR count). The zero-order valence-corrected chi connectivity index (χ0v) is 16.2. The molecule has 0 N–H and O–H groups in total. The lowest BCUT2D eigenvalue weighted by atomic mass is 9.93. The molecule has 0 fully saturated rings. The number of hydrogen-bond donors (Lipinski definition) is 0. The van der Waals surface area contributed by atoms with Crippen LogP contribution in [0.15, 0.2) is 54.6 Å². The SMILES string of the molecule is CC(C)(C)c1cc(OC(=O)c2ccc(Cl)c(Cl)c2)n(-c2ccccc2)n1. The number of esters is 1. The van der Waals surface area contributed by atoms with E-state index >= 15 is 0 Å². The summed E-state index contributed by atoms with van der Waals surface area (Å²) in [5.41, 5.74) is 1.75. The van der Waals surface area contributed by atoms with Gasteiger partial charge < -0.3 is 4.74 Å². The van der Waals surface area contributed by atoms with Gasteiger partial charge in [0, 0.05) is 11.5 Å². The van der Waals surface area contributed by atoms with Crippen molar-refractivity contribution in [2.75, 3.05) is 0 Å². The molecule has 2 aromatic carbocycles. The minimum absolute atomic E-state index is 0.190. The molecule has 1 aromatic heterocycles.